The zero-order valence-corrected chi connectivity index (χ0v) is 21.8. The monoisotopic (exact) mass is 495 g/mol. The second kappa shape index (κ2) is 2.94. The summed E-state index contributed by atoms with van der Waals surface area (Å²) in [4.78, 5) is 13.5. The van der Waals surface area contributed by atoms with Crippen LogP contribution in [-0.2, 0) is 0 Å². The smallest absolute Gasteiger partial charge is 0.102 e. The quantitative estimate of drug-likeness (QED) is 0.459. The first-order valence-corrected chi connectivity index (χ1v) is 18.1. The van der Waals surface area contributed by atoms with Gasteiger partial charge in [-0.05, 0) is 200 Å². The van der Waals surface area contributed by atoms with Crippen molar-refractivity contribution in [2.24, 2.45) is 159 Å². The topological polar surface area (TPSA) is 29.4 Å². The van der Waals surface area contributed by atoms with Crippen LogP contribution in [0.5, 0.6) is 0 Å². The van der Waals surface area contributed by atoms with Crippen LogP contribution < -0.4 is 0 Å². The van der Waals surface area contributed by atoms with Crippen LogP contribution in [-0.4, -0.2) is 6.04 Å². The molecule has 0 aromatic carbocycles. The average Bonchev–Trinajstić information content (AvgIpc) is 3.32. The lowest BCUT2D eigenvalue weighted by Gasteiger charge is -3.29. The van der Waals surface area contributed by atoms with Crippen LogP contribution in [0, 0.1) is 159 Å². The molecule has 11 spiro atoms. The van der Waals surface area contributed by atoms with Crippen molar-refractivity contribution in [3.8, 4) is 0 Å². The number of nitrogens with zero attached hydrogens (tertiary/aromatic N) is 1. The van der Waals surface area contributed by atoms with Gasteiger partial charge in [-0.2, -0.15) is 4.91 Å². The highest BCUT2D eigenvalue weighted by molar-refractivity contribution is 5.84. The van der Waals surface area contributed by atoms with E-state index in [4.69, 9.17) is 0 Å². The van der Waals surface area contributed by atoms with Gasteiger partial charge in [-0.25, -0.2) is 0 Å². The summed E-state index contributed by atoms with van der Waals surface area (Å²) >= 11 is 0. The SMILES string of the molecule is O=NC1C2CC3C4CC5C41C14C6CC7C8CC6C69C%10CC%11C%12CC%13C%12%14C%11%10C8(C8CC%10C%11CC2C3%11C%1086)C%14(C5%131)C794. The number of fused-ring (bicyclic) bond motifs is 6. The zero-order chi connectivity index (χ0) is 22.7. The fourth-order valence-corrected chi connectivity index (χ4v) is 31.6. The molecule has 0 radical (unpaired) electrons. The molecular formula is C36H33NO. The van der Waals surface area contributed by atoms with Crippen LogP contribution in [0.3, 0.4) is 0 Å². The van der Waals surface area contributed by atoms with Gasteiger partial charge in [-0.15, -0.1) is 0 Å². The van der Waals surface area contributed by atoms with Crippen LogP contribution in [0.2, 0.25) is 0 Å². The Balaban J connectivity index is 1.15. The predicted octanol–water partition coefficient (Wildman–Crippen LogP) is 5.22. The Morgan fingerprint density at radius 1 is 0.421 bits per heavy atom. The van der Waals surface area contributed by atoms with E-state index >= 15 is 0 Å². The van der Waals surface area contributed by atoms with Gasteiger partial charge in [-0.3, -0.25) is 0 Å². The molecule has 188 valence electrons. The maximum atomic E-state index is 13.5. The van der Waals surface area contributed by atoms with Crippen LogP contribution in [0.1, 0.15) is 51.4 Å². The van der Waals surface area contributed by atoms with Crippen LogP contribution >= 0.6 is 0 Å². The van der Waals surface area contributed by atoms with Gasteiger partial charge in [-0.1, -0.05) is 5.18 Å². The molecule has 22 aliphatic carbocycles. The average molecular weight is 496 g/mol. The Kier molecular flexibility index (Phi) is 1.22. The van der Waals surface area contributed by atoms with Crippen molar-refractivity contribution in [3.05, 3.63) is 4.91 Å². The fourth-order valence-electron chi connectivity index (χ4n) is 31.6. The van der Waals surface area contributed by atoms with Crippen molar-refractivity contribution in [2.75, 3.05) is 0 Å². The van der Waals surface area contributed by atoms with Crippen molar-refractivity contribution in [1.29, 1.82) is 0 Å². The highest BCUT2D eigenvalue weighted by Gasteiger charge is 3.39. The van der Waals surface area contributed by atoms with Crippen molar-refractivity contribution in [1.82, 2.24) is 0 Å². The summed E-state index contributed by atoms with van der Waals surface area (Å²) in [5.41, 5.74) is 8.86. The predicted molar refractivity (Wildman–Crippen MR) is 129 cm³/mol. The van der Waals surface area contributed by atoms with Crippen molar-refractivity contribution >= 4 is 0 Å². The summed E-state index contributed by atoms with van der Waals surface area (Å²) in [6, 6.07) is 0.287. The number of hydrogen-bond acceptors (Lipinski definition) is 2. The Hall–Kier alpha value is -0.400. The van der Waals surface area contributed by atoms with E-state index in [-0.39, 0.29) is 6.04 Å². The Morgan fingerprint density at radius 2 is 1.00 bits per heavy atom. The van der Waals surface area contributed by atoms with Gasteiger partial charge < -0.3 is 0 Å². The summed E-state index contributed by atoms with van der Waals surface area (Å²) in [5.74, 6) is 17.8. The Morgan fingerprint density at radius 3 is 1.87 bits per heavy atom. The van der Waals surface area contributed by atoms with E-state index in [1.165, 1.54) is 53.8 Å². The third-order valence-electron chi connectivity index (χ3n) is 26.7. The van der Waals surface area contributed by atoms with E-state index in [0.717, 1.165) is 96.1 Å². The molecule has 0 amide bonds. The van der Waals surface area contributed by atoms with Gasteiger partial charge in [0, 0.05) is 5.41 Å². The molecule has 2 nitrogen and oxygen atoms in total. The third-order valence-corrected chi connectivity index (χ3v) is 26.7. The maximum Gasteiger partial charge on any atom is 0.102 e. The molecule has 22 rings (SSSR count). The van der Waals surface area contributed by atoms with E-state index in [1.807, 2.05) is 0 Å². The Bertz CT molecular complexity index is 1800. The second-order valence-corrected chi connectivity index (χ2v) is 21.4. The first kappa shape index (κ1) is 15.7. The summed E-state index contributed by atoms with van der Waals surface area (Å²) in [6.45, 7) is 0. The van der Waals surface area contributed by atoms with E-state index in [0.29, 0.717) is 10.8 Å². The molecule has 2 heteroatoms. The lowest BCUT2D eigenvalue weighted by Crippen LogP contribution is -3.27. The van der Waals surface area contributed by atoms with E-state index in [9.17, 15) is 4.91 Å². The highest BCUT2D eigenvalue weighted by atomic mass is 16.3. The molecule has 28 atom stereocenters. The van der Waals surface area contributed by atoms with Crippen molar-refractivity contribution < 1.29 is 0 Å². The van der Waals surface area contributed by atoms with Crippen molar-refractivity contribution in [2.45, 2.75) is 57.4 Å². The van der Waals surface area contributed by atoms with Gasteiger partial charge in [0.05, 0.1) is 0 Å². The van der Waals surface area contributed by atoms with Crippen LogP contribution in [0.25, 0.3) is 0 Å². The molecule has 0 N–H and O–H groups in total. The minimum absolute atomic E-state index is 0.287. The minimum atomic E-state index is 0.287. The fraction of sp³-hybridized carbons (Fsp3) is 1.00. The molecule has 22 fully saturated rings. The highest BCUT2D eigenvalue weighted by Crippen LogP contribution is 3.41. The Labute approximate surface area is 221 Å². The van der Waals surface area contributed by atoms with Gasteiger partial charge in [0.25, 0.3) is 0 Å². The molecule has 0 aliphatic heterocycles. The lowest BCUT2D eigenvalue weighted by molar-refractivity contribution is -0.843. The van der Waals surface area contributed by atoms with Gasteiger partial charge in [0.15, 0.2) is 0 Å². The normalized spacial score (nSPS) is 109. The van der Waals surface area contributed by atoms with E-state index in [1.54, 1.807) is 44.9 Å². The minimum Gasteiger partial charge on any atom is -0.150 e. The molecule has 22 saturated carbocycles. The van der Waals surface area contributed by atoms with Gasteiger partial charge >= 0.3 is 0 Å². The number of rotatable bonds is 1. The van der Waals surface area contributed by atoms with Gasteiger partial charge in [0.2, 0.25) is 0 Å². The van der Waals surface area contributed by atoms with Gasteiger partial charge in [0.1, 0.15) is 6.04 Å². The molecule has 0 saturated heterocycles. The second-order valence-electron chi connectivity index (χ2n) is 21.4. The first-order chi connectivity index (χ1) is 18.8. The molecule has 11 bridgehead atoms. The van der Waals surface area contributed by atoms with E-state index < -0.39 is 0 Å². The molecule has 0 aromatic heterocycles. The number of nitroso groups, excluding NO2 is 1. The molecule has 0 aromatic rings. The molecule has 28 unspecified atom stereocenters. The largest absolute Gasteiger partial charge is 0.150 e. The summed E-state index contributed by atoms with van der Waals surface area (Å²) < 4.78 is 0. The summed E-state index contributed by atoms with van der Waals surface area (Å²) in [7, 11) is 0. The molecule has 0 heterocycles. The zero-order valence-electron chi connectivity index (χ0n) is 21.8. The molecule has 38 heavy (non-hydrogen) atoms. The molecular weight excluding hydrogens is 462 g/mol. The summed E-state index contributed by atoms with van der Waals surface area (Å²) in [6.07, 6.45) is 13.4. The standard InChI is InChI=1S/C36H33NO/c38-37-25-9-1-11-13-5-21-27(13,25)34-19-4-20-15-3-14(19)30-23-7-17-18-8-24-32(18)29(17,23)31(15,36(32,33(21,24)34)35(20,30)34)22-6-16-12-2-10(9)26(11,12)28(16,22)30/h9-25H,1-8H2. The van der Waals surface area contributed by atoms with Crippen LogP contribution in [0.4, 0.5) is 0 Å². The third kappa shape index (κ3) is 0.508. The summed E-state index contributed by atoms with van der Waals surface area (Å²) in [5, 5.41) is 4.54. The maximum absolute atomic E-state index is 13.5. The van der Waals surface area contributed by atoms with E-state index in [2.05, 4.69) is 5.18 Å². The first-order valence-electron chi connectivity index (χ1n) is 18.1. The van der Waals surface area contributed by atoms with Crippen molar-refractivity contribution in [3.63, 3.8) is 0 Å². The lowest BCUT2D eigenvalue weighted by atomic mass is 8.73. The number of hydrogen-bond donors (Lipinski definition) is 0. The molecule has 22 aliphatic rings. The van der Waals surface area contributed by atoms with Crippen LogP contribution in [0.15, 0.2) is 5.18 Å².